The number of ether oxygens (including phenoxy) is 2. The predicted octanol–water partition coefficient (Wildman–Crippen LogP) is 7.09. The van der Waals surface area contributed by atoms with Gasteiger partial charge in [0.25, 0.3) is 0 Å². The zero-order valence-corrected chi connectivity index (χ0v) is 21.9. The monoisotopic (exact) mass is 534 g/mol. The maximum atomic E-state index is 14.3. The molecule has 0 atom stereocenters. The first-order valence-electron chi connectivity index (χ1n) is 13.4. The maximum absolute atomic E-state index is 14.3. The van der Waals surface area contributed by atoms with Crippen LogP contribution in [0.25, 0.3) is 55.7 Å². The summed E-state index contributed by atoms with van der Waals surface area (Å²) >= 11 is 0. The third-order valence-corrected chi connectivity index (χ3v) is 7.52. The first-order valence-corrected chi connectivity index (χ1v) is 13.4. The van der Waals surface area contributed by atoms with Crippen LogP contribution in [0.4, 0.5) is 4.39 Å². The molecule has 0 unspecified atom stereocenters. The van der Waals surface area contributed by atoms with Crippen molar-refractivity contribution < 1.29 is 13.9 Å². The molecule has 5 heterocycles. The first-order chi connectivity index (χ1) is 19.6. The van der Waals surface area contributed by atoms with Crippen LogP contribution >= 0.6 is 0 Å². The number of nitrogens with zero attached hydrogens (tertiary/aromatic N) is 4. The lowest BCUT2D eigenvalue weighted by molar-refractivity contribution is 0.154. The SMILES string of the molecule is COc1cc(F)cc(-c2ccnc3[nH]c(-c4n[nH]c5ncc(-c6cncc(OC7CCCCC7)c6)cc45)cc23)c1. The molecule has 0 radical (unpaired) electrons. The van der Waals surface area contributed by atoms with Gasteiger partial charge in [0.05, 0.1) is 25.1 Å². The summed E-state index contributed by atoms with van der Waals surface area (Å²) in [5, 5.41) is 9.31. The Hall–Kier alpha value is -4.79. The van der Waals surface area contributed by atoms with Crippen LogP contribution in [0.15, 0.2) is 67.3 Å². The van der Waals surface area contributed by atoms with Crippen LogP contribution in [0.2, 0.25) is 0 Å². The van der Waals surface area contributed by atoms with E-state index in [-0.39, 0.29) is 11.9 Å². The average Bonchev–Trinajstić information content (AvgIpc) is 3.61. The zero-order chi connectivity index (χ0) is 27.1. The molecule has 9 heteroatoms. The van der Waals surface area contributed by atoms with Crippen LogP contribution in [-0.2, 0) is 0 Å². The van der Waals surface area contributed by atoms with E-state index in [1.165, 1.54) is 38.5 Å². The molecule has 2 N–H and O–H groups in total. The van der Waals surface area contributed by atoms with E-state index < -0.39 is 0 Å². The molecule has 1 fully saturated rings. The van der Waals surface area contributed by atoms with E-state index in [4.69, 9.17) is 9.47 Å². The summed E-state index contributed by atoms with van der Waals surface area (Å²) < 4.78 is 25.8. The third kappa shape index (κ3) is 4.53. The van der Waals surface area contributed by atoms with Gasteiger partial charge >= 0.3 is 0 Å². The molecule has 1 aromatic carbocycles. The molecule has 40 heavy (non-hydrogen) atoms. The summed E-state index contributed by atoms with van der Waals surface area (Å²) in [5.41, 5.74) is 6.21. The minimum Gasteiger partial charge on any atom is -0.497 e. The summed E-state index contributed by atoms with van der Waals surface area (Å²) in [6.45, 7) is 0. The Bertz CT molecular complexity index is 1840. The van der Waals surface area contributed by atoms with Crippen LogP contribution < -0.4 is 9.47 Å². The molecule has 8 nitrogen and oxygen atoms in total. The molecule has 1 aliphatic rings. The molecular weight excluding hydrogens is 507 g/mol. The van der Waals surface area contributed by atoms with Gasteiger partial charge in [0.2, 0.25) is 0 Å². The van der Waals surface area contributed by atoms with E-state index in [1.807, 2.05) is 36.7 Å². The second-order valence-corrected chi connectivity index (χ2v) is 10.2. The highest BCUT2D eigenvalue weighted by Gasteiger charge is 2.18. The molecule has 0 spiro atoms. The number of hydrogen-bond donors (Lipinski definition) is 2. The van der Waals surface area contributed by atoms with Gasteiger partial charge in [0.1, 0.15) is 28.7 Å². The number of nitrogens with one attached hydrogen (secondary N) is 2. The highest BCUT2D eigenvalue weighted by Crippen LogP contribution is 2.35. The number of aromatic nitrogens is 6. The Labute approximate surface area is 229 Å². The van der Waals surface area contributed by atoms with Crippen molar-refractivity contribution in [3.05, 3.63) is 73.1 Å². The lowest BCUT2D eigenvalue weighted by Crippen LogP contribution is -2.19. The number of methoxy groups -OCH3 is 1. The number of halogens is 1. The van der Waals surface area contributed by atoms with Gasteiger partial charge < -0.3 is 14.5 Å². The predicted molar refractivity (Wildman–Crippen MR) is 152 cm³/mol. The molecule has 6 aromatic rings. The number of rotatable bonds is 6. The number of H-pyrrole nitrogens is 2. The van der Waals surface area contributed by atoms with E-state index in [0.717, 1.165) is 51.7 Å². The number of pyridine rings is 3. The van der Waals surface area contributed by atoms with Gasteiger partial charge in [0, 0.05) is 46.6 Å². The fourth-order valence-electron chi connectivity index (χ4n) is 5.53. The quantitative estimate of drug-likeness (QED) is 0.237. The van der Waals surface area contributed by atoms with Gasteiger partial charge in [-0.3, -0.25) is 10.1 Å². The number of fused-ring (bicyclic) bond motifs is 2. The van der Waals surface area contributed by atoms with Crippen LogP contribution in [0.5, 0.6) is 11.5 Å². The van der Waals surface area contributed by atoms with Gasteiger partial charge in [-0.1, -0.05) is 6.42 Å². The van der Waals surface area contributed by atoms with Gasteiger partial charge in [-0.25, -0.2) is 14.4 Å². The Kier molecular flexibility index (Phi) is 6.11. The largest absolute Gasteiger partial charge is 0.497 e. The Balaban J connectivity index is 1.26. The highest BCUT2D eigenvalue weighted by atomic mass is 19.1. The van der Waals surface area contributed by atoms with E-state index in [0.29, 0.717) is 28.3 Å². The van der Waals surface area contributed by atoms with E-state index in [9.17, 15) is 4.39 Å². The molecule has 7 rings (SSSR count). The average molecular weight is 535 g/mol. The van der Waals surface area contributed by atoms with Crippen molar-refractivity contribution in [1.29, 1.82) is 0 Å². The van der Waals surface area contributed by atoms with Crippen molar-refractivity contribution in [3.8, 4) is 45.1 Å². The molecule has 5 aromatic heterocycles. The molecule has 1 aliphatic carbocycles. The zero-order valence-electron chi connectivity index (χ0n) is 21.9. The van der Waals surface area contributed by atoms with Crippen molar-refractivity contribution in [2.24, 2.45) is 0 Å². The fourth-order valence-corrected chi connectivity index (χ4v) is 5.53. The molecule has 0 amide bonds. The topological polar surface area (TPSA) is 102 Å². The Morgan fingerprint density at radius 3 is 2.55 bits per heavy atom. The van der Waals surface area contributed by atoms with Crippen LogP contribution in [0.3, 0.4) is 0 Å². The second kappa shape index (κ2) is 10.1. The van der Waals surface area contributed by atoms with Crippen molar-refractivity contribution in [1.82, 2.24) is 30.1 Å². The Morgan fingerprint density at radius 1 is 0.825 bits per heavy atom. The smallest absolute Gasteiger partial charge is 0.155 e. The second-order valence-electron chi connectivity index (χ2n) is 10.2. The van der Waals surface area contributed by atoms with Crippen LogP contribution in [-0.4, -0.2) is 43.3 Å². The fraction of sp³-hybridized carbons (Fsp3) is 0.226. The molecule has 1 saturated carbocycles. The van der Waals surface area contributed by atoms with Crippen molar-refractivity contribution in [2.45, 2.75) is 38.2 Å². The summed E-state index contributed by atoms with van der Waals surface area (Å²) in [4.78, 5) is 16.9. The Morgan fingerprint density at radius 2 is 1.68 bits per heavy atom. The lowest BCUT2D eigenvalue weighted by atomic mass is 9.98. The van der Waals surface area contributed by atoms with Gasteiger partial charge in [-0.05, 0) is 73.2 Å². The summed E-state index contributed by atoms with van der Waals surface area (Å²) in [7, 11) is 1.52. The number of hydrogen-bond acceptors (Lipinski definition) is 6. The van der Waals surface area contributed by atoms with Crippen molar-refractivity contribution in [3.63, 3.8) is 0 Å². The van der Waals surface area contributed by atoms with Crippen molar-refractivity contribution >= 4 is 22.1 Å². The molecular formula is C31H27FN6O2. The normalized spacial score (nSPS) is 14.2. The first kappa shape index (κ1) is 24.3. The van der Waals surface area contributed by atoms with Crippen LogP contribution in [0.1, 0.15) is 32.1 Å². The molecule has 0 saturated heterocycles. The van der Waals surface area contributed by atoms with Crippen molar-refractivity contribution in [2.75, 3.05) is 7.11 Å². The van der Waals surface area contributed by atoms with E-state index in [1.54, 1.807) is 12.4 Å². The summed E-state index contributed by atoms with van der Waals surface area (Å²) in [6, 6.07) is 12.6. The van der Waals surface area contributed by atoms with Gasteiger partial charge in [-0.2, -0.15) is 5.10 Å². The molecule has 0 bridgehead atoms. The lowest BCUT2D eigenvalue weighted by Gasteiger charge is -2.23. The standard InChI is InChI=1S/C31H27FN6O2/c1-39-23-10-18(9-21(32)13-23)25-7-8-34-30-26(25)14-28(36-30)29-27-12-20(16-35-31(27)38-37-29)19-11-24(17-33-15-19)40-22-5-3-2-4-6-22/h7-17,22H,2-6H2,1H3,(H,34,36)(H,35,37,38). The minimum absolute atomic E-state index is 0.251. The van der Waals surface area contributed by atoms with E-state index in [2.05, 4.69) is 36.2 Å². The van der Waals surface area contributed by atoms with Crippen LogP contribution in [0, 0.1) is 5.82 Å². The summed E-state index contributed by atoms with van der Waals surface area (Å²) in [5.74, 6) is 0.866. The van der Waals surface area contributed by atoms with E-state index >= 15 is 0 Å². The summed E-state index contributed by atoms with van der Waals surface area (Å²) in [6.07, 6.45) is 13.2. The maximum Gasteiger partial charge on any atom is 0.155 e. The highest BCUT2D eigenvalue weighted by molar-refractivity contribution is 5.99. The molecule has 200 valence electrons. The molecule has 0 aliphatic heterocycles. The number of aromatic amines is 2. The van der Waals surface area contributed by atoms with Gasteiger partial charge in [-0.15, -0.1) is 0 Å². The van der Waals surface area contributed by atoms with Gasteiger partial charge in [0.15, 0.2) is 5.65 Å². The third-order valence-electron chi connectivity index (χ3n) is 7.52. The minimum atomic E-state index is -0.366. The number of benzene rings is 1.